The summed E-state index contributed by atoms with van der Waals surface area (Å²) in [5.41, 5.74) is 0.598. The summed E-state index contributed by atoms with van der Waals surface area (Å²) in [6.45, 7) is 4.85. The SMILES string of the molecule is C[C@]12CCC(=O)[14CH2][C@@H]1CC[C@@H]1[C@@H]2CC[C@]2(C)[C@@H](O)CC[C@@H]12. The van der Waals surface area contributed by atoms with Crippen LogP contribution in [0.3, 0.4) is 0 Å². The number of fused-ring (bicyclic) bond motifs is 5. The van der Waals surface area contributed by atoms with Crippen LogP contribution in [0.5, 0.6) is 0 Å². The van der Waals surface area contributed by atoms with Crippen LogP contribution in [0.25, 0.3) is 0 Å². The van der Waals surface area contributed by atoms with Crippen LogP contribution in [0, 0.1) is 34.5 Å². The van der Waals surface area contributed by atoms with Crippen molar-refractivity contribution in [1.29, 1.82) is 0 Å². The van der Waals surface area contributed by atoms with E-state index in [4.69, 9.17) is 0 Å². The molecule has 0 aromatic rings. The van der Waals surface area contributed by atoms with Gasteiger partial charge in [-0.15, -0.1) is 0 Å². The highest BCUT2D eigenvalue weighted by Crippen LogP contribution is 2.65. The van der Waals surface area contributed by atoms with Crippen LogP contribution >= 0.6 is 0 Å². The number of hydrogen-bond donors (Lipinski definition) is 1. The van der Waals surface area contributed by atoms with Gasteiger partial charge in [-0.25, -0.2) is 0 Å². The maximum Gasteiger partial charge on any atom is 0.133 e. The second kappa shape index (κ2) is 4.57. The van der Waals surface area contributed by atoms with Gasteiger partial charge in [-0.1, -0.05) is 13.8 Å². The molecule has 0 amide bonds. The van der Waals surface area contributed by atoms with Gasteiger partial charge in [0.2, 0.25) is 0 Å². The molecule has 0 aliphatic heterocycles. The van der Waals surface area contributed by atoms with Crippen molar-refractivity contribution in [2.75, 3.05) is 0 Å². The van der Waals surface area contributed by atoms with E-state index in [0.29, 0.717) is 17.1 Å². The van der Waals surface area contributed by atoms with E-state index in [9.17, 15) is 9.90 Å². The quantitative estimate of drug-likeness (QED) is 0.734. The molecule has 2 nitrogen and oxygen atoms in total. The molecule has 4 aliphatic rings. The zero-order valence-electron chi connectivity index (χ0n) is 13.6. The van der Waals surface area contributed by atoms with Crippen LogP contribution in [-0.4, -0.2) is 17.0 Å². The summed E-state index contributed by atoms with van der Waals surface area (Å²) < 4.78 is 0. The Balaban J connectivity index is 1.64. The van der Waals surface area contributed by atoms with Crippen LogP contribution in [0.1, 0.15) is 71.6 Å². The van der Waals surface area contributed by atoms with Crippen molar-refractivity contribution in [2.24, 2.45) is 34.5 Å². The third kappa shape index (κ3) is 1.84. The highest BCUT2D eigenvalue weighted by Gasteiger charge is 2.59. The van der Waals surface area contributed by atoms with E-state index < -0.39 is 0 Å². The monoisotopic (exact) mass is 292 g/mol. The first-order valence-corrected chi connectivity index (χ1v) is 9.15. The maximum atomic E-state index is 11.9. The lowest BCUT2D eigenvalue weighted by atomic mass is 9.47. The molecule has 4 rings (SSSR count). The molecule has 0 unspecified atom stereocenters. The van der Waals surface area contributed by atoms with E-state index in [1.54, 1.807) is 0 Å². The molecule has 1 N–H and O–H groups in total. The molecule has 0 heterocycles. The number of aliphatic hydroxyl groups excluding tert-OH is 1. The predicted molar refractivity (Wildman–Crippen MR) is 82.7 cm³/mol. The fourth-order valence-electron chi connectivity index (χ4n) is 7.02. The van der Waals surface area contributed by atoms with Crippen molar-refractivity contribution < 1.29 is 9.90 Å². The molecule has 0 aromatic carbocycles. The van der Waals surface area contributed by atoms with E-state index in [1.807, 2.05) is 0 Å². The van der Waals surface area contributed by atoms with Gasteiger partial charge in [0, 0.05) is 12.8 Å². The van der Waals surface area contributed by atoms with Crippen molar-refractivity contribution in [3.63, 3.8) is 0 Å². The maximum absolute atomic E-state index is 11.9. The molecule has 4 saturated carbocycles. The molecule has 0 saturated heterocycles. The van der Waals surface area contributed by atoms with E-state index >= 15 is 0 Å². The third-order valence-electron chi connectivity index (χ3n) is 8.43. The average Bonchev–Trinajstić information content (AvgIpc) is 2.76. The number of aliphatic hydroxyl groups is 1. The normalized spacial score (nSPS) is 56.5. The van der Waals surface area contributed by atoms with Crippen LogP contribution in [0.2, 0.25) is 0 Å². The van der Waals surface area contributed by atoms with E-state index in [-0.39, 0.29) is 11.5 Å². The molecular weight excluding hydrogens is 262 g/mol. The van der Waals surface area contributed by atoms with Gasteiger partial charge in [0.25, 0.3) is 0 Å². The van der Waals surface area contributed by atoms with Gasteiger partial charge >= 0.3 is 0 Å². The number of Topliss-reactive ketones (excluding diaryl/α,β-unsaturated/α-hetero) is 1. The molecule has 118 valence electrons. The number of ketones is 1. The molecule has 0 bridgehead atoms. The molecule has 4 aliphatic carbocycles. The van der Waals surface area contributed by atoms with E-state index in [1.165, 1.54) is 32.1 Å². The standard InChI is InChI=1S/C19H30O2/c1-18-9-7-13(20)11-12(18)3-4-14-15-5-6-17(21)19(15,2)10-8-16(14)18/h12,14-17,21H,3-11H2,1-2H3/t12-,14-,15-,16-,17-,18-,19-/m0/s1/i11+2. The largest absolute Gasteiger partial charge is 0.393 e. The molecule has 0 aromatic heterocycles. The number of carbonyl (C=O) groups excluding carboxylic acids is 1. The van der Waals surface area contributed by atoms with Crippen molar-refractivity contribution in [1.82, 2.24) is 0 Å². The highest BCUT2D eigenvalue weighted by atomic mass is 16.3. The summed E-state index contributed by atoms with van der Waals surface area (Å²) in [5.74, 6) is 3.52. The lowest BCUT2D eigenvalue weighted by Crippen LogP contribution is -2.54. The minimum Gasteiger partial charge on any atom is -0.393 e. The van der Waals surface area contributed by atoms with Crippen LogP contribution < -0.4 is 0 Å². The van der Waals surface area contributed by atoms with Crippen molar-refractivity contribution in [2.45, 2.75) is 77.7 Å². The first-order valence-electron chi connectivity index (χ1n) is 9.15. The molecule has 21 heavy (non-hydrogen) atoms. The number of carbonyl (C=O) groups is 1. The van der Waals surface area contributed by atoms with Gasteiger partial charge in [-0.3, -0.25) is 4.79 Å². The van der Waals surface area contributed by atoms with Crippen LogP contribution in [0.4, 0.5) is 0 Å². The Kier molecular flexibility index (Phi) is 3.10. The number of hydrogen-bond acceptors (Lipinski definition) is 2. The Labute approximate surface area is 128 Å². The zero-order valence-corrected chi connectivity index (χ0v) is 13.6. The van der Waals surface area contributed by atoms with Crippen molar-refractivity contribution in [3.05, 3.63) is 0 Å². The van der Waals surface area contributed by atoms with Crippen molar-refractivity contribution in [3.8, 4) is 0 Å². The first-order chi connectivity index (χ1) is 9.95. The fraction of sp³-hybridized carbons (Fsp3) is 0.947. The molecule has 7 atom stereocenters. The minimum atomic E-state index is -0.0677. The summed E-state index contributed by atoms with van der Waals surface area (Å²) in [5, 5.41) is 10.5. The van der Waals surface area contributed by atoms with E-state index in [0.717, 1.165) is 43.4 Å². The summed E-state index contributed by atoms with van der Waals surface area (Å²) in [6, 6.07) is 0. The van der Waals surface area contributed by atoms with E-state index in [2.05, 4.69) is 13.8 Å². The van der Waals surface area contributed by atoms with Gasteiger partial charge in [0.05, 0.1) is 6.10 Å². The average molecular weight is 292 g/mol. The Morgan fingerprint density at radius 3 is 2.57 bits per heavy atom. The summed E-state index contributed by atoms with van der Waals surface area (Å²) >= 11 is 0. The molecule has 4 fully saturated rings. The van der Waals surface area contributed by atoms with Gasteiger partial charge in [-0.2, -0.15) is 0 Å². The van der Waals surface area contributed by atoms with Crippen LogP contribution in [-0.2, 0) is 4.79 Å². The van der Waals surface area contributed by atoms with Gasteiger partial charge in [0.1, 0.15) is 5.78 Å². The molecule has 2 heteroatoms. The highest BCUT2D eigenvalue weighted by molar-refractivity contribution is 5.79. The van der Waals surface area contributed by atoms with Crippen LogP contribution in [0.15, 0.2) is 0 Å². The zero-order chi connectivity index (χ0) is 14.8. The van der Waals surface area contributed by atoms with Gasteiger partial charge in [0.15, 0.2) is 0 Å². The fourth-order valence-corrected chi connectivity index (χ4v) is 7.02. The molecular formula is C19H30O2. The smallest absolute Gasteiger partial charge is 0.133 e. The first kappa shape index (κ1) is 14.2. The summed E-state index contributed by atoms with van der Waals surface area (Å²) in [7, 11) is 0. The second-order valence-electron chi connectivity index (χ2n) is 9.04. The Morgan fingerprint density at radius 1 is 1.00 bits per heavy atom. The third-order valence-corrected chi connectivity index (χ3v) is 8.43. The lowest BCUT2D eigenvalue weighted by molar-refractivity contribution is -0.141. The Bertz CT molecular complexity index is 458. The second-order valence-corrected chi connectivity index (χ2v) is 9.04. The Hall–Kier alpha value is -0.370. The predicted octanol–water partition coefficient (Wildman–Crippen LogP) is 3.96. The molecule has 0 radical (unpaired) electrons. The van der Waals surface area contributed by atoms with Crippen molar-refractivity contribution >= 4 is 5.78 Å². The topological polar surface area (TPSA) is 37.3 Å². The summed E-state index contributed by atoms with van der Waals surface area (Å²) in [4.78, 5) is 11.9. The summed E-state index contributed by atoms with van der Waals surface area (Å²) in [6.07, 6.45) is 10.0. The Morgan fingerprint density at radius 2 is 1.76 bits per heavy atom. The van der Waals surface area contributed by atoms with Gasteiger partial charge < -0.3 is 5.11 Å². The minimum absolute atomic E-state index is 0.0677. The molecule has 0 spiro atoms. The number of rotatable bonds is 0. The lowest BCUT2D eigenvalue weighted by Gasteiger charge is -2.60. The van der Waals surface area contributed by atoms with Gasteiger partial charge in [-0.05, 0) is 79.4 Å².